The van der Waals surface area contributed by atoms with Crippen molar-refractivity contribution >= 4 is 24.2 Å². The van der Waals surface area contributed by atoms with Gasteiger partial charge in [0.1, 0.15) is 5.54 Å². The number of nitrogens with two attached hydrogens (primary N) is 1. The maximum absolute atomic E-state index is 12.8. The lowest BCUT2D eigenvalue weighted by atomic mass is 9.90. The second-order valence-electron chi connectivity index (χ2n) is 6.26. The largest absolute Gasteiger partial charge is 0.352 e. The fraction of sp³-hybridized carbons (Fsp3) is 0.529. The third kappa shape index (κ3) is 3.35. The molecule has 1 saturated carbocycles. The van der Waals surface area contributed by atoms with Gasteiger partial charge in [0.25, 0.3) is 0 Å². The van der Waals surface area contributed by atoms with Crippen LogP contribution in [0.25, 0.3) is 0 Å². The Morgan fingerprint density at radius 2 is 1.91 bits per heavy atom. The van der Waals surface area contributed by atoms with E-state index >= 15 is 0 Å². The van der Waals surface area contributed by atoms with Crippen LogP contribution in [0.5, 0.6) is 0 Å². The SMILES string of the molecule is Cl.NC(CC(=O)N1CCNC(=O)C12CCCC2)c1ccccc1. The first kappa shape index (κ1) is 17.8. The molecule has 1 aliphatic heterocycles. The molecule has 126 valence electrons. The van der Waals surface area contributed by atoms with Gasteiger partial charge in [-0.15, -0.1) is 12.4 Å². The summed E-state index contributed by atoms with van der Waals surface area (Å²) in [7, 11) is 0. The Labute approximate surface area is 143 Å². The lowest BCUT2D eigenvalue weighted by Gasteiger charge is -2.44. The number of amides is 2. The van der Waals surface area contributed by atoms with Crippen molar-refractivity contribution in [2.45, 2.75) is 43.7 Å². The normalized spacial score (nSPS) is 20.7. The van der Waals surface area contributed by atoms with E-state index in [1.807, 2.05) is 30.3 Å². The van der Waals surface area contributed by atoms with E-state index in [0.29, 0.717) is 13.1 Å². The number of carbonyl (C=O) groups excluding carboxylic acids is 2. The topological polar surface area (TPSA) is 75.4 Å². The summed E-state index contributed by atoms with van der Waals surface area (Å²) in [6, 6.07) is 9.33. The first-order valence-corrected chi connectivity index (χ1v) is 8.03. The molecule has 1 saturated heterocycles. The summed E-state index contributed by atoms with van der Waals surface area (Å²) in [6.45, 7) is 1.12. The molecule has 1 spiro atoms. The Hall–Kier alpha value is -1.59. The second-order valence-corrected chi connectivity index (χ2v) is 6.26. The molecule has 0 aromatic heterocycles. The van der Waals surface area contributed by atoms with Gasteiger partial charge >= 0.3 is 0 Å². The van der Waals surface area contributed by atoms with E-state index in [0.717, 1.165) is 31.2 Å². The number of carbonyl (C=O) groups is 2. The summed E-state index contributed by atoms with van der Waals surface area (Å²) in [5, 5.41) is 2.92. The number of piperazine rings is 1. The Morgan fingerprint density at radius 1 is 1.26 bits per heavy atom. The van der Waals surface area contributed by atoms with E-state index in [1.165, 1.54) is 0 Å². The van der Waals surface area contributed by atoms with Gasteiger partial charge in [-0.3, -0.25) is 9.59 Å². The van der Waals surface area contributed by atoms with Crippen LogP contribution < -0.4 is 11.1 Å². The highest BCUT2D eigenvalue weighted by Gasteiger charge is 2.49. The zero-order valence-corrected chi connectivity index (χ0v) is 14.0. The van der Waals surface area contributed by atoms with Gasteiger partial charge in [0.2, 0.25) is 11.8 Å². The maximum Gasteiger partial charge on any atom is 0.246 e. The molecule has 1 aromatic carbocycles. The molecule has 23 heavy (non-hydrogen) atoms. The first-order chi connectivity index (χ1) is 10.6. The molecule has 3 N–H and O–H groups in total. The predicted molar refractivity (Wildman–Crippen MR) is 91.2 cm³/mol. The van der Waals surface area contributed by atoms with Crippen LogP contribution >= 0.6 is 12.4 Å². The molecule has 1 aliphatic carbocycles. The van der Waals surface area contributed by atoms with E-state index in [2.05, 4.69) is 5.32 Å². The van der Waals surface area contributed by atoms with Crippen molar-refractivity contribution in [3.05, 3.63) is 35.9 Å². The highest BCUT2D eigenvalue weighted by atomic mass is 35.5. The second kappa shape index (κ2) is 7.32. The van der Waals surface area contributed by atoms with Gasteiger partial charge in [0.15, 0.2) is 0 Å². The highest BCUT2D eigenvalue weighted by Crippen LogP contribution is 2.37. The summed E-state index contributed by atoms with van der Waals surface area (Å²) < 4.78 is 0. The molecular formula is C17H24ClN3O2. The number of benzene rings is 1. The van der Waals surface area contributed by atoms with Crippen LogP contribution in [0.4, 0.5) is 0 Å². The molecule has 0 radical (unpaired) electrons. The van der Waals surface area contributed by atoms with Crippen LogP contribution in [0.15, 0.2) is 30.3 Å². The number of nitrogens with zero attached hydrogens (tertiary/aromatic N) is 1. The molecule has 1 unspecified atom stereocenters. The third-order valence-corrected chi connectivity index (χ3v) is 4.91. The molecule has 3 rings (SSSR count). The third-order valence-electron chi connectivity index (χ3n) is 4.91. The number of halogens is 1. The minimum atomic E-state index is -0.619. The molecule has 2 fully saturated rings. The van der Waals surface area contributed by atoms with Crippen molar-refractivity contribution in [1.29, 1.82) is 0 Å². The van der Waals surface area contributed by atoms with Crippen LogP contribution in [-0.4, -0.2) is 35.3 Å². The van der Waals surface area contributed by atoms with Gasteiger partial charge < -0.3 is 16.0 Å². The van der Waals surface area contributed by atoms with Gasteiger partial charge in [-0.05, 0) is 18.4 Å². The molecular weight excluding hydrogens is 314 g/mol. The van der Waals surface area contributed by atoms with Gasteiger partial charge in [0, 0.05) is 25.6 Å². The maximum atomic E-state index is 12.8. The van der Waals surface area contributed by atoms with Crippen molar-refractivity contribution in [2.24, 2.45) is 5.73 Å². The Morgan fingerprint density at radius 3 is 2.57 bits per heavy atom. The quantitative estimate of drug-likeness (QED) is 0.882. The highest BCUT2D eigenvalue weighted by molar-refractivity contribution is 5.93. The summed E-state index contributed by atoms with van der Waals surface area (Å²) >= 11 is 0. The minimum Gasteiger partial charge on any atom is -0.352 e. The number of hydrogen-bond acceptors (Lipinski definition) is 3. The number of nitrogens with one attached hydrogen (secondary N) is 1. The molecule has 1 atom stereocenters. The fourth-order valence-corrected chi connectivity index (χ4v) is 3.72. The van der Waals surface area contributed by atoms with Crippen molar-refractivity contribution in [3.8, 4) is 0 Å². The minimum absolute atomic E-state index is 0. The van der Waals surface area contributed by atoms with Crippen LogP contribution in [0.3, 0.4) is 0 Å². The average molecular weight is 338 g/mol. The molecule has 2 aliphatic rings. The van der Waals surface area contributed by atoms with Crippen molar-refractivity contribution in [2.75, 3.05) is 13.1 Å². The summed E-state index contributed by atoms with van der Waals surface area (Å²) in [5.74, 6) is 0.00554. The molecule has 1 heterocycles. The zero-order chi connectivity index (χ0) is 15.6. The van der Waals surface area contributed by atoms with Crippen LogP contribution in [-0.2, 0) is 9.59 Å². The fourth-order valence-electron chi connectivity index (χ4n) is 3.72. The predicted octanol–water partition coefficient (Wildman–Crippen LogP) is 1.77. The van der Waals surface area contributed by atoms with Crippen LogP contribution in [0.1, 0.15) is 43.7 Å². The molecule has 5 nitrogen and oxygen atoms in total. The smallest absolute Gasteiger partial charge is 0.246 e. The van der Waals surface area contributed by atoms with Gasteiger partial charge in [-0.25, -0.2) is 0 Å². The molecule has 1 aromatic rings. The van der Waals surface area contributed by atoms with E-state index in [-0.39, 0.29) is 36.7 Å². The number of hydrogen-bond donors (Lipinski definition) is 2. The van der Waals surface area contributed by atoms with Crippen molar-refractivity contribution < 1.29 is 9.59 Å². The van der Waals surface area contributed by atoms with E-state index in [9.17, 15) is 9.59 Å². The van der Waals surface area contributed by atoms with E-state index in [4.69, 9.17) is 5.73 Å². The standard InChI is InChI=1S/C17H23N3O2.ClH/c18-14(13-6-2-1-3-7-13)12-15(21)20-11-10-19-16(22)17(20)8-4-5-9-17;/h1-3,6-7,14H,4-5,8-12,18H2,(H,19,22);1H. The zero-order valence-electron chi connectivity index (χ0n) is 13.2. The van der Waals surface area contributed by atoms with E-state index < -0.39 is 5.54 Å². The Kier molecular flexibility index (Phi) is 5.65. The summed E-state index contributed by atoms with van der Waals surface area (Å²) in [6.07, 6.45) is 3.79. The Balaban J connectivity index is 0.00000192. The molecule has 6 heteroatoms. The Bertz CT molecular complexity index is 558. The lowest BCUT2D eigenvalue weighted by Crippen LogP contribution is -2.65. The molecule has 0 bridgehead atoms. The van der Waals surface area contributed by atoms with Crippen molar-refractivity contribution in [3.63, 3.8) is 0 Å². The van der Waals surface area contributed by atoms with Crippen molar-refractivity contribution in [1.82, 2.24) is 10.2 Å². The van der Waals surface area contributed by atoms with Gasteiger partial charge in [-0.2, -0.15) is 0 Å². The van der Waals surface area contributed by atoms with Crippen LogP contribution in [0.2, 0.25) is 0 Å². The lowest BCUT2D eigenvalue weighted by molar-refractivity contribution is -0.151. The molecule has 2 amide bonds. The number of rotatable bonds is 3. The van der Waals surface area contributed by atoms with Gasteiger partial charge in [0.05, 0.1) is 0 Å². The average Bonchev–Trinajstić information content (AvgIpc) is 3.01. The summed E-state index contributed by atoms with van der Waals surface area (Å²) in [4.78, 5) is 26.9. The summed E-state index contributed by atoms with van der Waals surface area (Å²) in [5.41, 5.74) is 6.51. The van der Waals surface area contributed by atoms with Crippen LogP contribution in [0, 0.1) is 0 Å². The monoisotopic (exact) mass is 337 g/mol. The van der Waals surface area contributed by atoms with E-state index in [1.54, 1.807) is 4.90 Å². The first-order valence-electron chi connectivity index (χ1n) is 8.03. The van der Waals surface area contributed by atoms with Gasteiger partial charge in [-0.1, -0.05) is 43.2 Å².